The summed E-state index contributed by atoms with van der Waals surface area (Å²) in [6.07, 6.45) is 0.822. The van der Waals surface area contributed by atoms with E-state index in [2.05, 4.69) is 26.0 Å². The summed E-state index contributed by atoms with van der Waals surface area (Å²) >= 11 is 0. The van der Waals surface area contributed by atoms with Crippen molar-refractivity contribution in [3.05, 3.63) is 34.9 Å². The molecule has 2 unspecified atom stereocenters. The van der Waals surface area contributed by atoms with Crippen molar-refractivity contribution >= 4 is 0 Å². The van der Waals surface area contributed by atoms with Gasteiger partial charge < -0.3 is 9.84 Å². The van der Waals surface area contributed by atoms with E-state index in [1.807, 2.05) is 6.07 Å². The Bertz CT molecular complexity index is 423. The van der Waals surface area contributed by atoms with Gasteiger partial charge in [0.05, 0.1) is 19.3 Å². The summed E-state index contributed by atoms with van der Waals surface area (Å²) in [5.41, 5.74) is 3.88. The molecule has 2 nitrogen and oxygen atoms in total. The van der Waals surface area contributed by atoms with E-state index in [4.69, 9.17) is 4.74 Å². The molecule has 1 aromatic carbocycles. The maximum absolute atomic E-state index is 10.3. The van der Waals surface area contributed by atoms with E-state index < -0.39 is 0 Å². The predicted molar refractivity (Wildman–Crippen MR) is 61.8 cm³/mol. The molecule has 1 aliphatic heterocycles. The molecule has 0 radical (unpaired) electrons. The van der Waals surface area contributed by atoms with Gasteiger partial charge in [-0.1, -0.05) is 32.0 Å². The lowest BCUT2D eigenvalue weighted by atomic mass is 9.97. The highest BCUT2D eigenvalue weighted by atomic mass is 16.5. The van der Waals surface area contributed by atoms with Crippen molar-refractivity contribution in [3.63, 3.8) is 0 Å². The molecule has 0 aromatic heterocycles. The van der Waals surface area contributed by atoms with E-state index in [1.54, 1.807) is 0 Å². The monoisotopic (exact) mass is 218 g/mol. The highest BCUT2D eigenvalue weighted by Gasteiger charge is 2.50. The molecule has 0 amide bonds. The zero-order valence-electron chi connectivity index (χ0n) is 9.86. The molecule has 2 atom stereocenters. The van der Waals surface area contributed by atoms with Crippen molar-refractivity contribution in [3.8, 4) is 0 Å². The highest BCUT2D eigenvalue weighted by molar-refractivity contribution is 5.35. The lowest BCUT2D eigenvalue weighted by molar-refractivity contribution is 0.133. The van der Waals surface area contributed by atoms with E-state index in [0.29, 0.717) is 17.9 Å². The first-order chi connectivity index (χ1) is 7.58. The van der Waals surface area contributed by atoms with E-state index in [1.165, 1.54) is 11.1 Å². The zero-order valence-corrected chi connectivity index (χ0v) is 9.86. The zero-order chi connectivity index (χ0) is 11.3. The molecule has 3 rings (SSSR count). The normalized spacial score (nSPS) is 27.6. The molecule has 1 aliphatic carbocycles. The lowest BCUT2D eigenvalue weighted by Crippen LogP contribution is -2.05. The van der Waals surface area contributed by atoms with Crippen molar-refractivity contribution in [2.45, 2.75) is 39.6 Å². The van der Waals surface area contributed by atoms with Crippen LogP contribution < -0.4 is 0 Å². The maximum atomic E-state index is 10.3. The topological polar surface area (TPSA) is 29.5 Å². The molecule has 1 heterocycles. The van der Waals surface area contributed by atoms with Gasteiger partial charge in [0, 0.05) is 0 Å². The van der Waals surface area contributed by atoms with Crippen LogP contribution in [0, 0.1) is 11.3 Å². The minimum atomic E-state index is -0.305. The molecule has 0 bridgehead atoms. The molecule has 86 valence electrons. The van der Waals surface area contributed by atoms with E-state index in [-0.39, 0.29) is 6.10 Å². The first kappa shape index (κ1) is 10.3. The summed E-state index contributed by atoms with van der Waals surface area (Å²) in [5, 5.41) is 10.3. The smallest absolute Gasteiger partial charge is 0.0823 e. The number of aliphatic hydroxyl groups excluding tert-OH is 1. The fourth-order valence-electron chi connectivity index (χ4n) is 2.66. The first-order valence-corrected chi connectivity index (χ1v) is 5.95. The largest absolute Gasteiger partial charge is 0.388 e. The third-order valence-electron chi connectivity index (χ3n) is 4.06. The van der Waals surface area contributed by atoms with Crippen LogP contribution in [-0.4, -0.2) is 5.11 Å². The Morgan fingerprint density at radius 2 is 2.00 bits per heavy atom. The molecular weight excluding hydrogens is 200 g/mol. The summed E-state index contributed by atoms with van der Waals surface area (Å²) < 4.78 is 5.39. The fraction of sp³-hybridized carbons (Fsp3) is 0.571. The number of rotatable bonds is 2. The molecule has 1 N–H and O–H groups in total. The molecule has 1 saturated carbocycles. The van der Waals surface area contributed by atoms with Crippen LogP contribution in [0.4, 0.5) is 0 Å². The summed E-state index contributed by atoms with van der Waals surface area (Å²) in [7, 11) is 0. The summed E-state index contributed by atoms with van der Waals surface area (Å²) in [5.74, 6) is 0.424. The SMILES string of the molecule is CC1(C)CC1C(O)c1ccc2c(c1)COC2. The van der Waals surface area contributed by atoms with Gasteiger partial charge >= 0.3 is 0 Å². The molecule has 2 aliphatic rings. The fourth-order valence-corrected chi connectivity index (χ4v) is 2.66. The van der Waals surface area contributed by atoms with E-state index in [0.717, 1.165) is 18.6 Å². The van der Waals surface area contributed by atoms with E-state index >= 15 is 0 Å². The lowest BCUT2D eigenvalue weighted by Gasteiger charge is -2.13. The number of benzene rings is 1. The van der Waals surface area contributed by atoms with Crippen molar-refractivity contribution in [1.29, 1.82) is 0 Å². The first-order valence-electron chi connectivity index (χ1n) is 5.95. The standard InChI is InChI=1S/C14H18O2/c1-14(2)6-12(14)13(15)9-3-4-10-7-16-8-11(10)5-9/h3-5,12-13,15H,6-8H2,1-2H3. The van der Waals surface area contributed by atoms with Crippen molar-refractivity contribution in [2.75, 3.05) is 0 Å². The average Bonchev–Trinajstić information content (AvgIpc) is 2.72. The van der Waals surface area contributed by atoms with Crippen LogP contribution in [0.25, 0.3) is 0 Å². The number of aliphatic hydroxyl groups is 1. The number of ether oxygens (including phenoxy) is 1. The van der Waals surface area contributed by atoms with Crippen molar-refractivity contribution in [2.24, 2.45) is 11.3 Å². The van der Waals surface area contributed by atoms with Gasteiger partial charge in [0.2, 0.25) is 0 Å². The van der Waals surface area contributed by atoms with Crippen molar-refractivity contribution < 1.29 is 9.84 Å². The van der Waals surface area contributed by atoms with Crippen LogP contribution in [0.15, 0.2) is 18.2 Å². The van der Waals surface area contributed by atoms with Gasteiger partial charge in [-0.05, 0) is 34.4 Å². The van der Waals surface area contributed by atoms with E-state index in [9.17, 15) is 5.11 Å². The highest BCUT2D eigenvalue weighted by Crippen LogP contribution is 2.57. The molecule has 16 heavy (non-hydrogen) atoms. The van der Waals surface area contributed by atoms with Gasteiger partial charge in [-0.15, -0.1) is 0 Å². The molecule has 0 spiro atoms. The molecule has 1 fully saturated rings. The molecule has 2 heteroatoms. The minimum Gasteiger partial charge on any atom is -0.388 e. The average molecular weight is 218 g/mol. The summed E-state index contributed by atoms with van der Waals surface area (Å²) in [6, 6.07) is 6.25. The van der Waals surface area contributed by atoms with Crippen molar-refractivity contribution in [1.82, 2.24) is 0 Å². The Morgan fingerprint density at radius 1 is 1.31 bits per heavy atom. The quantitative estimate of drug-likeness (QED) is 0.827. The van der Waals surface area contributed by atoms with Crippen LogP contribution in [0.2, 0.25) is 0 Å². The Hall–Kier alpha value is -0.860. The summed E-state index contributed by atoms with van der Waals surface area (Å²) in [6.45, 7) is 5.86. The number of hydrogen-bond acceptors (Lipinski definition) is 2. The van der Waals surface area contributed by atoms with Gasteiger partial charge in [-0.3, -0.25) is 0 Å². The summed E-state index contributed by atoms with van der Waals surface area (Å²) in [4.78, 5) is 0. The Morgan fingerprint density at radius 3 is 2.69 bits per heavy atom. The second-order valence-electron chi connectivity index (χ2n) is 5.76. The van der Waals surface area contributed by atoms with Gasteiger partial charge in [-0.2, -0.15) is 0 Å². The Balaban J connectivity index is 1.85. The number of hydrogen-bond donors (Lipinski definition) is 1. The van der Waals surface area contributed by atoms with Gasteiger partial charge in [0.1, 0.15) is 0 Å². The molecule has 1 aromatic rings. The van der Waals surface area contributed by atoms with Gasteiger partial charge in [-0.25, -0.2) is 0 Å². The maximum Gasteiger partial charge on any atom is 0.0823 e. The third-order valence-corrected chi connectivity index (χ3v) is 4.06. The van der Waals surface area contributed by atoms with Crippen LogP contribution in [0.5, 0.6) is 0 Å². The predicted octanol–water partition coefficient (Wildman–Crippen LogP) is 2.80. The Kier molecular flexibility index (Phi) is 2.13. The second kappa shape index (κ2) is 3.31. The van der Waals surface area contributed by atoms with Crippen LogP contribution in [0.1, 0.15) is 43.1 Å². The van der Waals surface area contributed by atoms with Crippen LogP contribution >= 0.6 is 0 Å². The minimum absolute atomic E-state index is 0.305. The van der Waals surface area contributed by atoms with Crippen LogP contribution in [0.3, 0.4) is 0 Å². The second-order valence-corrected chi connectivity index (χ2v) is 5.76. The van der Waals surface area contributed by atoms with Gasteiger partial charge in [0.25, 0.3) is 0 Å². The van der Waals surface area contributed by atoms with Crippen LogP contribution in [-0.2, 0) is 18.0 Å². The number of fused-ring (bicyclic) bond motifs is 1. The van der Waals surface area contributed by atoms with Gasteiger partial charge in [0.15, 0.2) is 0 Å². The molecule has 0 saturated heterocycles. The third kappa shape index (κ3) is 1.57. The Labute approximate surface area is 96.2 Å². The molecular formula is C14H18O2.